The van der Waals surface area contributed by atoms with Gasteiger partial charge < -0.3 is 14.3 Å². The summed E-state index contributed by atoms with van der Waals surface area (Å²) in [4.78, 5) is 4.09. The van der Waals surface area contributed by atoms with Gasteiger partial charge >= 0.3 is 0 Å². The van der Waals surface area contributed by atoms with E-state index < -0.39 is 0 Å². The highest BCUT2D eigenvalue weighted by molar-refractivity contribution is 5.36. The number of rotatable bonds is 3. The van der Waals surface area contributed by atoms with Gasteiger partial charge in [0.1, 0.15) is 5.76 Å². The van der Waals surface area contributed by atoms with Crippen LogP contribution in [0.5, 0.6) is 0 Å². The zero-order valence-electron chi connectivity index (χ0n) is 9.87. The van der Waals surface area contributed by atoms with Gasteiger partial charge in [0, 0.05) is 20.0 Å². The predicted octanol–water partition coefficient (Wildman–Crippen LogP) is 2.34. The predicted molar refractivity (Wildman–Crippen MR) is 59.4 cm³/mol. The van der Waals surface area contributed by atoms with Gasteiger partial charge in [-0.05, 0) is 13.8 Å². The van der Waals surface area contributed by atoms with Crippen LogP contribution in [0.2, 0.25) is 0 Å². The molecule has 0 saturated heterocycles. The van der Waals surface area contributed by atoms with Crippen LogP contribution < -0.4 is 5.32 Å². The maximum atomic E-state index is 5.53. The summed E-state index contributed by atoms with van der Waals surface area (Å²) in [7, 11) is 1.79. The number of hydrogen-bond acceptors (Lipinski definition) is 5. The van der Waals surface area contributed by atoms with Crippen LogP contribution in [0.25, 0.3) is 0 Å². The third kappa shape index (κ3) is 1.68. The Morgan fingerprint density at radius 1 is 1.38 bits per heavy atom. The molecule has 0 saturated carbocycles. The topological polar surface area (TPSA) is 64.1 Å². The first-order valence-electron chi connectivity index (χ1n) is 5.12. The third-order valence-corrected chi connectivity index (χ3v) is 2.63. The molecule has 16 heavy (non-hydrogen) atoms. The van der Waals surface area contributed by atoms with Crippen molar-refractivity contribution in [3.63, 3.8) is 0 Å². The monoisotopic (exact) mass is 221 g/mol. The molecule has 0 bridgehead atoms. The normalized spacial score (nSPS) is 11.8. The summed E-state index contributed by atoms with van der Waals surface area (Å²) in [5.41, 5.74) is 0.466. The van der Waals surface area contributed by atoms with Crippen LogP contribution in [0.15, 0.2) is 21.2 Å². The molecular formula is C11H15N3O2. The molecule has 2 heterocycles. The lowest BCUT2D eigenvalue weighted by Gasteiger charge is -2.17. The summed E-state index contributed by atoms with van der Waals surface area (Å²) >= 11 is 0. The summed E-state index contributed by atoms with van der Waals surface area (Å²) in [6.07, 6.45) is 1.73. The lowest BCUT2D eigenvalue weighted by molar-refractivity contribution is 0.372. The molecular weight excluding hydrogens is 206 g/mol. The molecule has 1 N–H and O–H groups in total. The molecule has 0 aromatic carbocycles. The standard InChI is InChI=1S/C11H15N3O2/c1-7-13-6-9(15-7)11(2,3)8-5-10(12-4)16-14-8/h5-6,12H,1-4H3. The number of aromatic nitrogens is 2. The number of nitrogens with one attached hydrogen (secondary N) is 1. The highest BCUT2D eigenvalue weighted by Crippen LogP contribution is 2.32. The van der Waals surface area contributed by atoms with Crippen molar-refractivity contribution in [2.75, 3.05) is 12.4 Å². The van der Waals surface area contributed by atoms with Gasteiger partial charge in [-0.25, -0.2) is 4.98 Å². The van der Waals surface area contributed by atoms with E-state index in [2.05, 4.69) is 15.5 Å². The minimum Gasteiger partial charge on any atom is -0.445 e. The molecule has 0 amide bonds. The van der Waals surface area contributed by atoms with E-state index >= 15 is 0 Å². The first kappa shape index (κ1) is 10.7. The smallest absolute Gasteiger partial charge is 0.224 e. The van der Waals surface area contributed by atoms with Crippen molar-refractivity contribution in [2.45, 2.75) is 26.2 Å². The zero-order chi connectivity index (χ0) is 11.8. The van der Waals surface area contributed by atoms with Crippen molar-refractivity contribution in [3.05, 3.63) is 29.6 Å². The van der Waals surface area contributed by atoms with Crippen LogP contribution in [-0.4, -0.2) is 17.2 Å². The van der Waals surface area contributed by atoms with E-state index in [9.17, 15) is 0 Å². The Hall–Kier alpha value is -1.78. The Bertz CT molecular complexity index is 485. The Balaban J connectivity index is 2.37. The van der Waals surface area contributed by atoms with Gasteiger partial charge in [-0.3, -0.25) is 0 Å². The summed E-state index contributed by atoms with van der Waals surface area (Å²) < 4.78 is 10.6. The molecule has 0 unspecified atom stereocenters. The summed E-state index contributed by atoms with van der Waals surface area (Å²) in [5.74, 6) is 2.07. The van der Waals surface area contributed by atoms with Crippen molar-refractivity contribution in [2.24, 2.45) is 0 Å². The lowest BCUT2D eigenvalue weighted by Crippen LogP contribution is -2.18. The average molecular weight is 221 g/mol. The number of oxazole rings is 1. The number of nitrogens with zero attached hydrogens (tertiary/aromatic N) is 2. The number of hydrogen-bond donors (Lipinski definition) is 1. The second-order valence-electron chi connectivity index (χ2n) is 4.19. The Labute approximate surface area is 93.8 Å². The van der Waals surface area contributed by atoms with Gasteiger partial charge in [-0.2, -0.15) is 0 Å². The van der Waals surface area contributed by atoms with Crippen LogP contribution in [0.3, 0.4) is 0 Å². The molecule has 86 valence electrons. The largest absolute Gasteiger partial charge is 0.445 e. The van der Waals surface area contributed by atoms with Crippen molar-refractivity contribution in [3.8, 4) is 0 Å². The number of anilines is 1. The van der Waals surface area contributed by atoms with Crippen molar-refractivity contribution in [1.82, 2.24) is 10.1 Å². The molecule has 5 heteroatoms. The molecule has 0 radical (unpaired) electrons. The Kier molecular flexibility index (Phi) is 2.46. The van der Waals surface area contributed by atoms with E-state index in [1.54, 1.807) is 13.2 Å². The second-order valence-corrected chi connectivity index (χ2v) is 4.19. The van der Waals surface area contributed by atoms with Crippen molar-refractivity contribution in [1.29, 1.82) is 0 Å². The van der Waals surface area contributed by atoms with E-state index in [0.29, 0.717) is 11.8 Å². The van der Waals surface area contributed by atoms with Crippen molar-refractivity contribution >= 4 is 5.88 Å². The van der Waals surface area contributed by atoms with Crippen LogP contribution in [0.4, 0.5) is 5.88 Å². The fraction of sp³-hybridized carbons (Fsp3) is 0.455. The first-order valence-corrected chi connectivity index (χ1v) is 5.12. The minimum atomic E-state index is -0.347. The molecule has 5 nitrogen and oxygen atoms in total. The van der Waals surface area contributed by atoms with E-state index in [1.807, 2.05) is 26.8 Å². The fourth-order valence-corrected chi connectivity index (χ4v) is 1.46. The Morgan fingerprint density at radius 3 is 2.62 bits per heavy atom. The van der Waals surface area contributed by atoms with Gasteiger partial charge in [0.25, 0.3) is 0 Å². The van der Waals surface area contributed by atoms with Gasteiger partial charge in [-0.15, -0.1) is 0 Å². The van der Waals surface area contributed by atoms with Crippen molar-refractivity contribution < 1.29 is 8.94 Å². The van der Waals surface area contributed by atoms with E-state index in [-0.39, 0.29) is 5.41 Å². The molecule has 0 fully saturated rings. The molecule has 2 rings (SSSR count). The third-order valence-electron chi connectivity index (χ3n) is 2.63. The van der Waals surface area contributed by atoms with Gasteiger partial charge in [-0.1, -0.05) is 5.16 Å². The first-order chi connectivity index (χ1) is 7.54. The van der Waals surface area contributed by atoms with Gasteiger partial charge in [0.15, 0.2) is 5.89 Å². The number of aryl methyl sites for hydroxylation is 1. The van der Waals surface area contributed by atoms with Crippen LogP contribution in [0.1, 0.15) is 31.2 Å². The maximum Gasteiger partial charge on any atom is 0.224 e. The molecule has 2 aromatic heterocycles. The highest BCUT2D eigenvalue weighted by Gasteiger charge is 2.30. The van der Waals surface area contributed by atoms with E-state index in [0.717, 1.165) is 11.5 Å². The lowest BCUT2D eigenvalue weighted by atomic mass is 9.87. The molecule has 0 atom stereocenters. The van der Waals surface area contributed by atoms with Gasteiger partial charge in [0.2, 0.25) is 5.88 Å². The molecule has 0 aliphatic heterocycles. The maximum absolute atomic E-state index is 5.53. The molecule has 2 aromatic rings. The average Bonchev–Trinajstić information content (AvgIpc) is 2.85. The highest BCUT2D eigenvalue weighted by atomic mass is 16.5. The van der Waals surface area contributed by atoms with E-state index in [4.69, 9.17) is 8.94 Å². The summed E-state index contributed by atoms with van der Waals surface area (Å²) in [6.45, 7) is 5.86. The molecule has 0 spiro atoms. The Morgan fingerprint density at radius 2 is 2.12 bits per heavy atom. The van der Waals surface area contributed by atoms with Crippen LogP contribution in [-0.2, 0) is 5.41 Å². The zero-order valence-corrected chi connectivity index (χ0v) is 9.87. The molecule has 0 aliphatic carbocycles. The van der Waals surface area contributed by atoms with Crippen LogP contribution in [0, 0.1) is 6.92 Å². The van der Waals surface area contributed by atoms with Crippen LogP contribution >= 0.6 is 0 Å². The SMILES string of the molecule is CNc1cc(C(C)(C)c2cnc(C)o2)no1. The van der Waals surface area contributed by atoms with Gasteiger partial charge in [0.05, 0.1) is 17.3 Å². The molecule has 0 aliphatic rings. The second kappa shape index (κ2) is 3.66. The fourth-order valence-electron chi connectivity index (χ4n) is 1.46. The quantitative estimate of drug-likeness (QED) is 0.861. The summed E-state index contributed by atoms with van der Waals surface area (Å²) in [5, 5.41) is 6.92. The minimum absolute atomic E-state index is 0.347. The summed E-state index contributed by atoms with van der Waals surface area (Å²) in [6, 6.07) is 1.86. The van der Waals surface area contributed by atoms with E-state index in [1.165, 1.54) is 0 Å².